The zero-order chi connectivity index (χ0) is 15.9. The Balaban J connectivity index is 1.88. The summed E-state index contributed by atoms with van der Waals surface area (Å²) in [7, 11) is 1.58. The van der Waals surface area contributed by atoms with E-state index in [2.05, 4.69) is 26.1 Å². The number of carbonyl (C=O) groups is 2. The topological polar surface area (TPSA) is 86.3 Å². The molecule has 0 aromatic carbocycles. The molecule has 1 aromatic rings. The third kappa shape index (κ3) is 2.45. The van der Waals surface area contributed by atoms with Crippen molar-refractivity contribution in [1.29, 1.82) is 0 Å². The van der Waals surface area contributed by atoms with Crippen LogP contribution in [0.4, 0.5) is 0 Å². The van der Waals surface area contributed by atoms with Crippen LogP contribution in [0.1, 0.15) is 67.0 Å². The molecule has 2 N–H and O–H groups in total. The van der Waals surface area contributed by atoms with Gasteiger partial charge in [0, 0.05) is 13.0 Å². The summed E-state index contributed by atoms with van der Waals surface area (Å²) in [5.74, 6) is -0.812. The Labute approximate surface area is 137 Å². The molecule has 0 spiro atoms. The van der Waals surface area contributed by atoms with Crippen LogP contribution in [0.5, 0.6) is 0 Å². The number of carbonyl (C=O) groups excluding carboxylic acids is 1. The van der Waals surface area contributed by atoms with Gasteiger partial charge in [0.2, 0.25) is 0 Å². The lowest BCUT2D eigenvalue weighted by Gasteiger charge is -2.40. The highest BCUT2D eigenvalue weighted by molar-refractivity contribution is 9.10. The van der Waals surface area contributed by atoms with Gasteiger partial charge in [-0.3, -0.25) is 9.89 Å². The van der Waals surface area contributed by atoms with Crippen molar-refractivity contribution >= 4 is 27.8 Å². The lowest BCUT2D eigenvalue weighted by atomic mass is 9.80. The van der Waals surface area contributed by atoms with E-state index in [9.17, 15) is 14.7 Å². The van der Waals surface area contributed by atoms with Crippen molar-refractivity contribution in [2.24, 2.45) is 0 Å². The van der Waals surface area contributed by atoms with E-state index in [0.29, 0.717) is 23.2 Å². The molecule has 0 bridgehead atoms. The molecule has 3 rings (SSSR count). The highest BCUT2D eigenvalue weighted by atomic mass is 79.9. The van der Waals surface area contributed by atoms with Crippen LogP contribution in [0.2, 0.25) is 0 Å². The largest absolute Gasteiger partial charge is 0.479 e. The number of nitrogens with one attached hydrogen (secondary N) is 1. The Morgan fingerprint density at radius 1 is 1.32 bits per heavy atom. The summed E-state index contributed by atoms with van der Waals surface area (Å²) in [6, 6.07) is 0. The number of nitrogens with zero attached hydrogens (tertiary/aromatic N) is 2. The predicted molar refractivity (Wildman–Crippen MR) is 83.8 cm³/mol. The van der Waals surface area contributed by atoms with Crippen molar-refractivity contribution in [3.05, 3.63) is 15.9 Å². The summed E-state index contributed by atoms with van der Waals surface area (Å²) >= 11 is 3.45. The number of aliphatic carboxylic acids is 1. The molecular weight excluding hydrogens is 350 g/mol. The summed E-state index contributed by atoms with van der Waals surface area (Å²) in [6.45, 7) is 0. The second-order valence-corrected chi connectivity index (χ2v) is 7.13. The lowest BCUT2D eigenvalue weighted by Crippen LogP contribution is -2.56. The van der Waals surface area contributed by atoms with Gasteiger partial charge >= 0.3 is 5.97 Å². The molecule has 120 valence electrons. The molecule has 22 heavy (non-hydrogen) atoms. The van der Waals surface area contributed by atoms with E-state index in [-0.39, 0.29) is 11.6 Å². The van der Waals surface area contributed by atoms with Crippen molar-refractivity contribution < 1.29 is 14.7 Å². The maximum Gasteiger partial charge on any atom is 0.329 e. The number of rotatable bonds is 4. The van der Waals surface area contributed by atoms with Crippen molar-refractivity contribution in [3.63, 3.8) is 0 Å². The second kappa shape index (κ2) is 5.68. The van der Waals surface area contributed by atoms with Crippen LogP contribution in [-0.4, -0.2) is 44.7 Å². The molecule has 2 aliphatic rings. The Bertz CT molecular complexity index is 603. The third-order valence-corrected chi connectivity index (χ3v) is 5.75. The van der Waals surface area contributed by atoms with Crippen LogP contribution < -0.4 is 0 Å². The quantitative estimate of drug-likeness (QED) is 0.853. The van der Waals surface area contributed by atoms with Crippen molar-refractivity contribution in [1.82, 2.24) is 15.1 Å². The van der Waals surface area contributed by atoms with Crippen molar-refractivity contribution in [2.75, 3.05) is 7.05 Å². The van der Waals surface area contributed by atoms with Gasteiger partial charge < -0.3 is 10.0 Å². The van der Waals surface area contributed by atoms with E-state index < -0.39 is 11.5 Å². The summed E-state index contributed by atoms with van der Waals surface area (Å²) < 4.78 is 0.684. The molecule has 0 atom stereocenters. The summed E-state index contributed by atoms with van der Waals surface area (Å²) in [5.41, 5.74) is 0.133. The minimum atomic E-state index is -1.10. The number of H-pyrrole nitrogens is 1. The Morgan fingerprint density at radius 2 is 1.95 bits per heavy atom. The summed E-state index contributed by atoms with van der Waals surface area (Å²) in [5, 5.41) is 16.7. The van der Waals surface area contributed by atoms with E-state index in [1.165, 1.54) is 4.90 Å². The summed E-state index contributed by atoms with van der Waals surface area (Å²) in [6.07, 6.45) is 5.89. The molecule has 2 aliphatic carbocycles. The van der Waals surface area contributed by atoms with Gasteiger partial charge in [-0.25, -0.2) is 4.79 Å². The van der Waals surface area contributed by atoms with Gasteiger partial charge in [-0.1, -0.05) is 19.3 Å². The molecule has 0 unspecified atom stereocenters. The maximum atomic E-state index is 12.8. The molecule has 2 saturated carbocycles. The number of carboxylic acid groups (broad SMARTS) is 1. The number of hydrogen-bond acceptors (Lipinski definition) is 3. The predicted octanol–water partition coefficient (Wildman–Crippen LogP) is 2.91. The molecule has 1 amide bonds. The number of carboxylic acids is 1. The van der Waals surface area contributed by atoms with Gasteiger partial charge in [0.1, 0.15) is 5.54 Å². The molecular formula is C15H20BrN3O3. The van der Waals surface area contributed by atoms with Gasteiger partial charge in [0.25, 0.3) is 5.91 Å². The highest BCUT2D eigenvalue weighted by Crippen LogP contribution is 2.43. The van der Waals surface area contributed by atoms with Crippen molar-refractivity contribution in [2.45, 2.75) is 56.4 Å². The first-order chi connectivity index (χ1) is 10.5. The number of halogens is 1. The SMILES string of the molecule is CN(C(=O)c1n[nH]c(C2CC2)c1Br)C1(C(=O)O)CCCCC1. The number of hydrogen-bond donors (Lipinski definition) is 2. The van der Waals surface area contributed by atoms with Crippen LogP contribution in [-0.2, 0) is 4.79 Å². The van der Waals surface area contributed by atoms with Crippen LogP contribution >= 0.6 is 15.9 Å². The van der Waals surface area contributed by atoms with E-state index >= 15 is 0 Å². The maximum absolute atomic E-state index is 12.8. The van der Waals surface area contributed by atoms with E-state index in [1.54, 1.807) is 7.05 Å². The number of likely N-dealkylation sites (N-methyl/N-ethyl adjacent to an activating group) is 1. The molecule has 1 aromatic heterocycles. The zero-order valence-corrected chi connectivity index (χ0v) is 14.1. The highest BCUT2D eigenvalue weighted by Gasteiger charge is 2.46. The molecule has 2 fully saturated rings. The zero-order valence-electron chi connectivity index (χ0n) is 12.6. The molecule has 0 aliphatic heterocycles. The van der Waals surface area contributed by atoms with Crippen LogP contribution in [0.3, 0.4) is 0 Å². The molecule has 0 saturated heterocycles. The smallest absolute Gasteiger partial charge is 0.329 e. The summed E-state index contributed by atoms with van der Waals surface area (Å²) in [4.78, 5) is 26.0. The first-order valence-electron chi connectivity index (χ1n) is 7.72. The van der Waals surface area contributed by atoms with E-state index in [4.69, 9.17) is 0 Å². The third-order valence-electron chi connectivity index (χ3n) is 4.95. The number of aromatic nitrogens is 2. The molecule has 1 heterocycles. The van der Waals surface area contributed by atoms with Gasteiger partial charge in [0.05, 0.1) is 10.2 Å². The average Bonchev–Trinajstić information content (AvgIpc) is 3.29. The van der Waals surface area contributed by atoms with Crippen molar-refractivity contribution in [3.8, 4) is 0 Å². The fourth-order valence-corrected chi connectivity index (χ4v) is 3.98. The minimum Gasteiger partial charge on any atom is -0.479 e. The Hall–Kier alpha value is -1.37. The average molecular weight is 370 g/mol. The van der Waals surface area contributed by atoms with Gasteiger partial charge in [-0.2, -0.15) is 5.10 Å². The van der Waals surface area contributed by atoms with Crippen LogP contribution in [0.15, 0.2) is 4.47 Å². The monoisotopic (exact) mass is 369 g/mol. The first-order valence-corrected chi connectivity index (χ1v) is 8.52. The standard InChI is InChI=1S/C15H20BrN3O3/c1-19(15(14(21)22)7-3-2-4-8-15)13(20)12-10(16)11(17-18-12)9-5-6-9/h9H,2-8H2,1H3,(H,17,18)(H,21,22). The fraction of sp³-hybridized carbons (Fsp3) is 0.667. The van der Waals surface area contributed by atoms with E-state index in [1.807, 2.05) is 0 Å². The lowest BCUT2D eigenvalue weighted by molar-refractivity contribution is -0.151. The Morgan fingerprint density at radius 3 is 2.50 bits per heavy atom. The van der Waals surface area contributed by atoms with Gasteiger partial charge in [-0.15, -0.1) is 0 Å². The minimum absolute atomic E-state index is 0.288. The normalized spacial score (nSPS) is 20.6. The Kier molecular flexibility index (Phi) is 4.01. The van der Waals surface area contributed by atoms with Gasteiger partial charge in [-0.05, 0) is 41.6 Å². The second-order valence-electron chi connectivity index (χ2n) is 6.34. The first kappa shape index (κ1) is 15.5. The molecule has 7 heteroatoms. The number of aromatic amines is 1. The van der Waals surface area contributed by atoms with E-state index in [0.717, 1.165) is 37.8 Å². The van der Waals surface area contributed by atoms with Crippen LogP contribution in [0, 0.1) is 0 Å². The molecule has 6 nitrogen and oxygen atoms in total. The van der Waals surface area contributed by atoms with Crippen LogP contribution in [0.25, 0.3) is 0 Å². The van der Waals surface area contributed by atoms with Gasteiger partial charge in [0.15, 0.2) is 5.69 Å². The fourth-order valence-electron chi connectivity index (χ4n) is 3.31. The molecule has 0 radical (unpaired) electrons. The number of amides is 1.